The standard InChI is InChI=1S/C36H72NO8P/c1-6-8-10-12-14-16-18-20-22-24-26-28-34(40)36(32-37(3,4)5,45-46(42,43)44-31-33(39)30-38)35(41)29-27-25-23-21-19-17-15-13-11-9-7-2/h33,38-39H,6-32H2,1-5H3/t33-/m1/s1. The molecule has 0 amide bonds. The molecule has 0 aromatic rings. The molecule has 1 unspecified atom stereocenters. The van der Waals surface area contributed by atoms with E-state index >= 15 is 0 Å². The highest BCUT2D eigenvalue weighted by molar-refractivity contribution is 7.46. The van der Waals surface area contributed by atoms with Crippen molar-refractivity contribution in [1.29, 1.82) is 0 Å². The van der Waals surface area contributed by atoms with Crippen LogP contribution in [0.4, 0.5) is 0 Å². The summed E-state index contributed by atoms with van der Waals surface area (Å²) in [7, 11) is 0.177. The van der Waals surface area contributed by atoms with Crippen molar-refractivity contribution in [1.82, 2.24) is 0 Å². The molecule has 0 bridgehead atoms. The lowest BCUT2D eigenvalue weighted by Crippen LogP contribution is -2.60. The molecule has 0 heterocycles. The third-order valence-electron chi connectivity index (χ3n) is 8.52. The van der Waals surface area contributed by atoms with Crippen molar-refractivity contribution < 1.29 is 42.8 Å². The van der Waals surface area contributed by atoms with E-state index in [1.165, 1.54) is 89.9 Å². The van der Waals surface area contributed by atoms with Crippen molar-refractivity contribution in [3.05, 3.63) is 0 Å². The number of aliphatic hydroxyl groups excluding tert-OH is 2. The zero-order chi connectivity index (χ0) is 34.7. The first-order chi connectivity index (χ1) is 21.8. The fourth-order valence-electron chi connectivity index (χ4n) is 5.88. The van der Waals surface area contributed by atoms with Gasteiger partial charge in [-0.15, -0.1) is 0 Å². The summed E-state index contributed by atoms with van der Waals surface area (Å²) in [4.78, 5) is 40.7. The number of hydrogen-bond donors (Lipinski definition) is 2. The maximum Gasteiger partial charge on any atom is 0.269 e. The largest absolute Gasteiger partial charge is 0.756 e. The van der Waals surface area contributed by atoms with Crippen LogP contribution in [0.25, 0.3) is 0 Å². The molecule has 46 heavy (non-hydrogen) atoms. The highest BCUT2D eigenvalue weighted by Gasteiger charge is 2.52. The number of hydrogen-bond acceptors (Lipinski definition) is 8. The molecule has 0 radical (unpaired) electrons. The van der Waals surface area contributed by atoms with E-state index in [0.717, 1.165) is 38.5 Å². The molecule has 0 saturated carbocycles. The van der Waals surface area contributed by atoms with E-state index in [1.807, 2.05) is 0 Å². The molecule has 0 aliphatic carbocycles. The summed E-state index contributed by atoms with van der Waals surface area (Å²) >= 11 is 0. The predicted molar refractivity (Wildman–Crippen MR) is 186 cm³/mol. The molecular weight excluding hydrogens is 605 g/mol. The van der Waals surface area contributed by atoms with Gasteiger partial charge in [-0.05, 0) is 12.8 Å². The third-order valence-corrected chi connectivity index (χ3v) is 9.52. The molecule has 0 aliphatic rings. The number of nitrogens with zero attached hydrogens (tertiary/aromatic N) is 1. The molecule has 0 spiro atoms. The number of carbonyl (C=O) groups excluding carboxylic acids is 2. The number of carbonyl (C=O) groups is 2. The van der Waals surface area contributed by atoms with Crippen LogP contribution in [0.5, 0.6) is 0 Å². The van der Waals surface area contributed by atoms with Crippen LogP contribution in [0, 0.1) is 0 Å². The Morgan fingerprint density at radius 3 is 1.30 bits per heavy atom. The normalized spacial score (nSPS) is 14.3. The van der Waals surface area contributed by atoms with E-state index in [-0.39, 0.29) is 23.9 Å². The zero-order valence-electron chi connectivity index (χ0n) is 30.4. The Bertz CT molecular complexity index is 778. The summed E-state index contributed by atoms with van der Waals surface area (Å²) < 4.78 is 23.4. The Balaban J connectivity index is 5.28. The maximum absolute atomic E-state index is 13.9. The molecule has 0 rings (SSSR count). The number of ketones is 2. The van der Waals surface area contributed by atoms with E-state index in [9.17, 15) is 24.2 Å². The van der Waals surface area contributed by atoms with Gasteiger partial charge in [0.1, 0.15) is 12.6 Å². The van der Waals surface area contributed by atoms with Gasteiger partial charge >= 0.3 is 0 Å². The monoisotopic (exact) mass is 677 g/mol. The first kappa shape index (κ1) is 45.3. The molecular formula is C36H72NO8P. The number of phosphoric acid groups is 1. The summed E-state index contributed by atoms with van der Waals surface area (Å²) in [6.45, 7) is 2.86. The Morgan fingerprint density at radius 1 is 0.674 bits per heavy atom. The van der Waals surface area contributed by atoms with Crippen molar-refractivity contribution in [3.63, 3.8) is 0 Å². The van der Waals surface area contributed by atoms with E-state index in [1.54, 1.807) is 21.1 Å². The molecule has 0 fully saturated rings. The van der Waals surface area contributed by atoms with E-state index in [0.29, 0.717) is 12.8 Å². The molecule has 10 heteroatoms. The second-order valence-corrected chi connectivity index (χ2v) is 15.7. The topological polar surface area (TPSA) is 133 Å². The summed E-state index contributed by atoms with van der Waals surface area (Å²) in [5, 5.41) is 18.7. The number of likely N-dealkylation sites (N-methyl/N-ethyl adjacent to an activating group) is 1. The van der Waals surface area contributed by atoms with E-state index < -0.39 is 44.3 Å². The van der Waals surface area contributed by atoms with Gasteiger partial charge in [-0.1, -0.05) is 142 Å². The average molecular weight is 678 g/mol. The van der Waals surface area contributed by atoms with Gasteiger partial charge in [0.2, 0.25) is 5.60 Å². The van der Waals surface area contributed by atoms with E-state index in [2.05, 4.69) is 13.8 Å². The highest BCUT2D eigenvalue weighted by Crippen LogP contribution is 2.45. The van der Waals surface area contributed by atoms with Crippen molar-refractivity contribution >= 4 is 19.4 Å². The lowest BCUT2D eigenvalue weighted by atomic mass is 9.86. The Morgan fingerprint density at radius 2 is 1.00 bits per heavy atom. The Kier molecular flexibility index (Phi) is 26.8. The summed E-state index contributed by atoms with van der Waals surface area (Å²) in [6, 6.07) is 0. The molecule has 2 N–H and O–H groups in total. The van der Waals surface area contributed by atoms with Crippen LogP contribution in [-0.2, 0) is 23.2 Å². The van der Waals surface area contributed by atoms with Gasteiger partial charge in [-0.3, -0.25) is 18.7 Å². The van der Waals surface area contributed by atoms with Crippen molar-refractivity contribution in [2.75, 3.05) is 40.9 Å². The molecule has 0 aliphatic heterocycles. The minimum absolute atomic E-state index is 0.0419. The smallest absolute Gasteiger partial charge is 0.269 e. The second-order valence-electron chi connectivity index (χ2n) is 14.4. The quantitative estimate of drug-likeness (QED) is 0.0305. The summed E-state index contributed by atoms with van der Waals surface area (Å²) in [5.74, 6) is -1.07. The van der Waals surface area contributed by atoms with Gasteiger partial charge in [0.25, 0.3) is 7.82 Å². The first-order valence-corrected chi connectivity index (χ1v) is 20.1. The SMILES string of the molecule is CCCCCCCCCCCCCC(=O)C(C[N+](C)(C)C)(OP(=O)([O-])OC[C@H](O)CO)C(=O)CCCCCCCCCCCCC. The number of aliphatic hydroxyl groups is 2. The molecule has 9 nitrogen and oxygen atoms in total. The third kappa shape index (κ3) is 23.6. The minimum Gasteiger partial charge on any atom is -0.756 e. The van der Waals surface area contributed by atoms with Crippen LogP contribution in [0.15, 0.2) is 0 Å². The number of Topliss-reactive ketones (excluding diaryl/α,β-unsaturated/α-hetero) is 2. The van der Waals surface area contributed by atoms with Crippen LogP contribution in [0.2, 0.25) is 0 Å². The van der Waals surface area contributed by atoms with Gasteiger partial charge < -0.3 is 24.1 Å². The van der Waals surface area contributed by atoms with Gasteiger partial charge in [-0.25, -0.2) is 0 Å². The first-order valence-electron chi connectivity index (χ1n) is 18.7. The Hall–Kier alpha value is -0.670. The number of unbranched alkanes of at least 4 members (excludes halogenated alkanes) is 20. The van der Waals surface area contributed by atoms with Crippen molar-refractivity contribution in [3.8, 4) is 0 Å². The maximum atomic E-state index is 13.9. The highest BCUT2D eigenvalue weighted by atomic mass is 31.2. The number of phosphoric ester groups is 1. The fourth-order valence-corrected chi connectivity index (χ4v) is 6.93. The lowest BCUT2D eigenvalue weighted by molar-refractivity contribution is -0.874. The van der Waals surface area contributed by atoms with Crippen LogP contribution in [-0.4, -0.2) is 78.9 Å². The predicted octanol–water partition coefficient (Wildman–Crippen LogP) is 7.83. The zero-order valence-corrected chi connectivity index (χ0v) is 31.3. The van der Waals surface area contributed by atoms with Crippen LogP contribution < -0.4 is 4.89 Å². The molecule has 0 aromatic carbocycles. The molecule has 0 aromatic heterocycles. The average Bonchev–Trinajstić information content (AvgIpc) is 2.99. The van der Waals surface area contributed by atoms with Crippen LogP contribution in [0.1, 0.15) is 168 Å². The molecule has 274 valence electrons. The van der Waals surface area contributed by atoms with Crippen molar-refractivity contribution in [2.45, 2.75) is 180 Å². The molecule has 2 atom stereocenters. The van der Waals surface area contributed by atoms with Gasteiger partial charge in [0.15, 0.2) is 11.6 Å². The van der Waals surface area contributed by atoms with Gasteiger partial charge in [0, 0.05) is 12.8 Å². The van der Waals surface area contributed by atoms with E-state index in [4.69, 9.17) is 14.2 Å². The summed E-state index contributed by atoms with van der Waals surface area (Å²) in [6.07, 6.45) is 23.1. The fraction of sp³-hybridized carbons (Fsp3) is 0.944. The molecule has 0 saturated heterocycles. The van der Waals surface area contributed by atoms with Gasteiger partial charge in [0.05, 0.1) is 34.4 Å². The lowest BCUT2D eigenvalue weighted by Gasteiger charge is -2.40. The van der Waals surface area contributed by atoms with Crippen LogP contribution >= 0.6 is 7.82 Å². The Labute approximate surface area is 282 Å². The minimum atomic E-state index is -5.18. The van der Waals surface area contributed by atoms with Crippen LogP contribution in [0.3, 0.4) is 0 Å². The second kappa shape index (κ2) is 27.2. The number of quaternary nitrogens is 1. The number of rotatable bonds is 34. The van der Waals surface area contributed by atoms with Crippen molar-refractivity contribution in [2.24, 2.45) is 0 Å². The summed E-state index contributed by atoms with van der Waals surface area (Å²) in [5.41, 5.74) is -2.20. The van der Waals surface area contributed by atoms with Gasteiger partial charge in [-0.2, -0.15) is 0 Å².